The minimum atomic E-state index is -0.688. The van der Waals surface area contributed by atoms with Crippen molar-refractivity contribution in [1.82, 2.24) is 15.5 Å². The van der Waals surface area contributed by atoms with Gasteiger partial charge in [0.05, 0.1) is 5.39 Å². The Morgan fingerprint density at radius 3 is 3.00 bits per heavy atom. The van der Waals surface area contributed by atoms with Crippen molar-refractivity contribution < 1.29 is 18.8 Å². The van der Waals surface area contributed by atoms with Crippen molar-refractivity contribution in [2.24, 2.45) is 4.99 Å². The lowest BCUT2D eigenvalue weighted by Crippen LogP contribution is -2.18. The molecule has 1 aliphatic rings. The first-order valence-electron chi connectivity index (χ1n) is 7.98. The van der Waals surface area contributed by atoms with Crippen LogP contribution in [0.15, 0.2) is 43.0 Å². The molecule has 1 saturated heterocycles. The Balaban J connectivity index is 1.52. The van der Waals surface area contributed by atoms with Gasteiger partial charge in [-0.2, -0.15) is 4.98 Å². The number of nitrogens with one attached hydrogen (secondary N) is 1. The van der Waals surface area contributed by atoms with Gasteiger partial charge in [0.25, 0.3) is 0 Å². The summed E-state index contributed by atoms with van der Waals surface area (Å²) in [5.74, 6) is 0.394. The molecule has 0 aliphatic carbocycles. The fourth-order valence-electron chi connectivity index (χ4n) is 2.75. The largest absolute Gasteiger partial charge is 0.506 e. The standard InChI is InChI=1S/C17H14N4O5/c22-14-6-5-11(19-14)16-20-13(21-26-16)8-18-7-10-15(23)9-3-1-2-4-12(9)25-17(10)24/h1-4,7,11,23H,5-6,8H2,(H,19,22). The maximum atomic E-state index is 12.0. The number of aromatic hydroxyl groups is 1. The molecule has 2 N–H and O–H groups in total. The first-order chi connectivity index (χ1) is 12.6. The number of benzene rings is 1. The van der Waals surface area contributed by atoms with Crippen LogP contribution < -0.4 is 10.9 Å². The number of fused-ring (bicyclic) bond motifs is 1. The number of rotatable bonds is 4. The average molecular weight is 354 g/mol. The van der Waals surface area contributed by atoms with Crippen LogP contribution in [-0.4, -0.2) is 27.4 Å². The van der Waals surface area contributed by atoms with Gasteiger partial charge in [-0.05, 0) is 18.6 Å². The Labute approximate surface area is 146 Å². The average Bonchev–Trinajstić information content (AvgIpc) is 3.27. The second-order valence-electron chi connectivity index (χ2n) is 5.83. The molecule has 1 aliphatic heterocycles. The van der Waals surface area contributed by atoms with Gasteiger partial charge in [-0.25, -0.2) is 4.79 Å². The van der Waals surface area contributed by atoms with E-state index in [4.69, 9.17) is 8.94 Å². The van der Waals surface area contributed by atoms with Crippen molar-refractivity contribution >= 4 is 23.1 Å². The molecule has 0 radical (unpaired) electrons. The van der Waals surface area contributed by atoms with E-state index in [1.165, 1.54) is 6.21 Å². The zero-order valence-corrected chi connectivity index (χ0v) is 13.5. The predicted octanol–water partition coefficient (Wildman–Crippen LogP) is 1.45. The third-order valence-corrected chi connectivity index (χ3v) is 4.05. The zero-order valence-electron chi connectivity index (χ0n) is 13.5. The van der Waals surface area contributed by atoms with Crippen LogP contribution in [0.1, 0.15) is 36.2 Å². The third kappa shape index (κ3) is 2.94. The number of amides is 1. The number of hydrogen-bond acceptors (Lipinski definition) is 8. The van der Waals surface area contributed by atoms with Crippen molar-refractivity contribution in [2.75, 3.05) is 0 Å². The van der Waals surface area contributed by atoms with Gasteiger partial charge in [0.2, 0.25) is 11.8 Å². The predicted molar refractivity (Wildman–Crippen MR) is 89.9 cm³/mol. The summed E-state index contributed by atoms with van der Waals surface area (Å²) in [6.07, 6.45) is 2.26. The normalized spacial score (nSPS) is 17.2. The monoisotopic (exact) mass is 354 g/mol. The van der Waals surface area contributed by atoms with Gasteiger partial charge in [-0.3, -0.25) is 9.79 Å². The molecular formula is C17H14N4O5. The minimum Gasteiger partial charge on any atom is -0.506 e. The molecule has 9 nitrogen and oxygen atoms in total. The SMILES string of the molecule is O=C1CCC(c2nc(CN=Cc3c(O)c4ccccc4oc3=O)no2)N1. The highest BCUT2D eigenvalue weighted by molar-refractivity contribution is 5.93. The minimum absolute atomic E-state index is 0.0459. The van der Waals surface area contributed by atoms with Gasteiger partial charge in [0.15, 0.2) is 5.82 Å². The van der Waals surface area contributed by atoms with Gasteiger partial charge >= 0.3 is 5.63 Å². The number of para-hydroxylation sites is 1. The van der Waals surface area contributed by atoms with Crippen molar-refractivity contribution in [3.8, 4) is 5.75 Å². The van der Waals surface area contributed by atoms with Crippen molar-refractivity contribution in [3.63, 3.8) is 0 Å². The lowest BCUT2D eigenvalue weighted by molar-refractivity contribution is -0.119. The van der Waals surface area contributed by atoms with Crippen molar-refractivity contribution in [1.29, 1.82) is 0 Å². The molecule has 0 spiro atoms. The van der Waals surface area contributed by atoms with E-state index in [9.17, 15) is 14.7 Å². The molecular weight excluding hydrogens is 340 g/mol. The second-order valence-corrected chi connectivity index (χ2v) is 5.83. The van der Waals surface area contributed by atoms with Crippen molar-refractivity contribution in [2.45, 2.75) is 25.4 Å². The van der Waals surface area contributed by atoms with E-state index in [1.807, 2.05) is 0 Å². The lowest BCUT2D eigenvalue weighted by atomic mass is 10.1. The Morgan fingerprint density at radius 2 is 2.19 bits per heavy atom. The number of hydrogen-bond donors (Lipinski definition) is 2. The summed E-state index contributed by atoms with van der Waals surface area (Å²) in [5, 5.41) is 17.2. The van der Waals surface area contributed by atoms with Crippen LogP contribution >= 0.6 is 0 Å². The van der Waals surface area contributed by atoms with E-state index in [1.54, 1.807) is 24.3 Å². The fraction of sp³-hybridized carbons (Fsp3) is 0.235. The van der Waals surface area contributed by atoms with Gasteiger partial charge in [-0.15, -0.1) is 0 Å². The molecule has 1 fully saturated rings. The van der Waals surface area contributed by atoms with Gasteiger partial charge < -0.3 is 19.4 Å². The molecule has 26 heavy (non-hydrogen) atoms. The van der Waals surface area contributed by atoms with E-state index in [2.05, 4.69) is 20.4 Å². The molecule has 1 unspecified atom stereocenters. The molecule has 1 amide bonds. The summed E-state index contributed by atoms with van der Waals surface area (Å²) in [6.45, 7) is 0.0515. The molecule has 4 rings (SSSR count). The maximum Gasteiger partial charge on any atom is 0.348 e. The van der Waals surface area contributed by atoms with Crippen LogP contribution in [0.2, 0.25) is 0 Å². The zero-order chi connectivity index (χ0) is 18.1. The van der Waals surface area contributed by atoms with Crippen LogP contribution in [0.4, 0.5) is 0 Å². The highest BCUT2D eigenvalue weighted by Gasteiger charge is 2.27. The van der Waals surface area contributed by atoms with Gasteiger partial charge in [0.1, 0.15) is 29.5 Å². The summed E-state index contributed by atoms with van der Waals surface area (Å²) in [7, 11) is 0. The quantitative estimate of drug-likeness (QED) is 0.535. The first kappa shape index (κ1) is 16.0. The molecule has 2 aromatic heterocycles. The Morgan fingerprint density at radius 1 is 1.35 bits per heavy atom. The van der Waals surface area contributed by atoms with Crippen LogP contribution in [0.5, 0.6) is 5.75 Å². The van der Waals surface area contributed by atoms with Crippen molar-refractivity contribution in [3.05, 3.63) is 52.0 Å². The number of carbonyl (C=O) groups excluding carboxylic acids is 1. The molecule has 1 atom stereocenters. The van der Waals surface area contributed by atoms with Crippen LogP contribution in [-0.2, 0) is 11.3 Å². The highest BCUT2D eigenvalue weighted by atomic mass is 16.5. The number of aliphatic imine (C=N–C) groups is 1. The van der Waals surface area contributed by atoms with E-state index < -0.39 is 5.63 Å². The fourth-order valence-corrected chi connectivity index (χ4v) is 2.75. The van der Waals surface area contributed by atoms with E-state index >= 15 is 0 Å². The Bertz CT molecular complexity index is 1070. The van der Waals surface area contributed by atoms with Crippen LogP contribution in [0, 0.1) is 0 Å². The summed E-state index contributed by atoms with van der Waals surface area (Å²) in [4.78, 5) is 31.5. The van der Waals surface area contributed by atoms with Crippen LogP contribution in [0.25, 0.3) is 11.0 Å². The number of nitrogens with zero attached hydrogens (tertiary/aromatic N) is 3. The number of carbonyl (C=O) groups is 1. The summed E-state index contributed by atoms with van der Waals surface area (Å²) in [5.41, 5.74) is -0.434. The lowest BCUT2D eigenvalue weighted by Gasteiger charge is -2.02. The van der Waals surface area contributed by atoms with E-state index in [0.29, 0.717) is 35.5 Å². The van der Waals surface area contributed by atoms with Gasteiger partial charge in [-0.1, -0.05) is 17.3 Å². The maximum absolute atomic E-state index is 12.0. The Hall–Kier alpha value is -3.49. The molecule has 9 heteroatoms. The molecule has 132 valence electrons. The summed E-state index contributed by atoms with van der Waals surface area (Å²) >= 11 is 0. The van der Waals surface area contributed by atoms with Crippen LogP contribution in [0.3, 0.4) is 0 Å². The molecule has 0 saturated carbocycles. The highest BCUT2D eigenvalue weighted by Crippen LogP contribution is 2.25. The molecule has 3 heterocycles. The first-order valence-corrected chi connectivity index (χ1v) is 7.98. The Kier molecular flexibility index (Phi) is 3.96. The molecule has 3 aromatic rings. The summed E-state index contributed by atoms with van der Waals surface area (Å²) in [6, 6.07) is 6.40. The molecule has 0 bridgehead atoms. The molecule has 1 aromatic carbocycles. The second kappa shape index (κ2) is 6.43. The smallest absolute Gasteiger partial charge is 0.348 e. The summed E-state index contributed by atoms with van der Waals surface area (Å²) < 4.78 is 10.3. The third-order valence-electron chi connectivity index (χ3n) is 4.05. The van der Waals surface area contributed by atoms with E-state index in [0.717, 1.165) is 0 Å². The number of aromatic nitrogens is 2. The van der Waals surface area contributed by atoms with Gasteiger partial charge in [0, 0.05) is 12.6 Å². The van der Waals surface area contributed by atoms with E-state index in [-0.39, 0.29) is 29.8 Å². The topological polar surface area (TPSA) is 131 Å².